The lowest BCUT2D eigenvalue weighted by molar-refractivity contribution is 0.0950. The van der Waals surface area contributed by atoms with Crippen molar-refractivity contribution in [3.05, 3.63) is 17.8 Å². The highest BCUT2D eigenvalue weighted by Crippen LogP contribution is 2.31. The minimum Gasteiger partial charge on any atom is -0.366 e. The van der Waals surface area contributed by atoms with Crippen LogP contribution in [0.1, 0.15) is 43.6 Å². The zero-order valence-electron chi connectivity index (χ0n) is 12.1. The molecule has 1 aliphatic rings. The van der Waals surface area contributed by atoms with E-state index >= 15 is 0 Å². The van der Waals surface area contributed by atoms with Crippen molar-refractivity contribution >= 4 is 23.5 Å². The quantitative estimate of drug-likeness (QED) is 0.843. The molecule has 1 fully saturated rings. The normalized spacial score (nSPS) is 21.7. The van der Waals surface area contributed by atoms with E-state index in [1.54, 1.807) is 6.07 Å². The first-order valence-corrected chi connectivity index (χ1v) is 8.27. The number of rotatable bonds is 6. The Morgan fingerprint density at radius 2 is 2.20 bits per heavy atom. The van der Waals surface area contributed by atoms with Crippen LogP contribution >= 0.6 is 11.8 Å². The van der Waals surface area contributed by atoms with Gasteiger partial charge in [0.25, 0.3) is 5.91 Å². The molecule has 1 aromatic rings. The number of nitrogens with one attached hydrogen (secondary N) is 2. The van der Waals surface area contributed by atoms with Crippen molar-refractivity contribution in [3.63, 3.8) is 0 Å². The molecule has 0 saturated heterocycles. The summed E-state index contributed by atoms with van der Waals surface area (Å²) in [4.78, 5) is 11.6. The smallest absolute Gasteiger partial charge is 0.271 e. The van der Waals surface area contributed by atoms with Gasteiger partial charge < -0.3 is 10.6 Å². The van der Waals surface area contributed by atoms with E-state index in [0.717, 1.165) is 11.1 Å². The number of hydrogen-bond acceptors (Lipinski definition) is 5. The molecule has 0 aromatic carbocycles. The SMILES string of the molecule is CCNC(=O)c1ccc(NC2CCC(SCC)C2)nn1. The molecule has 1 aliphatic carbocycles. The minimum atomic E-state index is -0.174. The van der Waals surface area contributed by atoms with Gasteiger partial charge in [0, 0.05) is 17.8 Å². The maximum absolute atomic E-state index is 11.6. The lowest BCUT2D eigenvalue weighted by Gasteiger charge is -2.13. The van der Waals surface area contributed by atoms with Crippen molar-refractivity contribution in [2.24, 2.45) is 0 Å². The molecule has 20 heavy (non-hydrogen) atoms. The van der Waals surface area contributed by atoms with Gasteiger partial charge in [-0.05, 0) is 44.1 Å². The summed E-state index contributed by atoms with van der Waals surface area (Å²) in [7, 11) is 0. The van der Waals surface area contributed by atoms with Gasteiger partial charge in [0.05, 0.1) is 0 Å². The maximum Gasteiger partial charge on any atom is 0.271 e. The van der Waals surface area contributed by atoms with Crippen molar-refractivity contribution in [2.45, 2.75) is 44.4 Å². The molecule has 0 spiro atoms. The topological polar surface area (TPSA) is 66.9 Å². The van der Waals surface area contributed by atoms with Crippen molar-refractivity contribution in [1.82, 2.24) is 15.5 Å². The zero-order chi connectivity index (χ0) is 14.4. The second-order valence-corrected chi connectivity index (χ2v) is 6.47. The number of carbonyl (C=O) groups excluding carboxylic acids is 1. The second kappa shape index (κ2) is 7.47. The van der Waals surface area contributed by atoms with E-state index < -0.39 is 0 Å². The average Bonchev–Trinajstić information content (AvgIpc) is 2.88. The van der Waals surface area contributed by atoms with E-state index in [-0.39, 0.29) is 5.91 Å². The number of amides is 1. The average molecular weight is 294 g/mol. The van der Waals surface area contributed by atoms with E-state index in [2.05, 4.69) is 27.8 Å². The van der Waals surface area contributed by atoms with Crippen molar-refractivity contribution in [2.75, 3.05) is 17.6 Å². The third-order valence-electron chi connectivity index (χ3n) is 3.37. The Morgan fingerprint density at radius 3 is 2.85 bits per heavy atom. The van der Waals surface area contributed by atoms with Gasteiger partial charge in [0.2, 0.25) is 0 Å². The van der Waals surface area contributed by atoms with Crippen molar-refractivity contribution < 1.29 is 4.79 Å². The predicted octanol–water partition coefficient (Wildman–Crippen LogP) is 2.31. The van der Waals surface area contributed by atoms with Crippen LogP contribution in [-0.2, 0) is 0 Å². The molecule has 110 valence electrons. The molecule has 2 rings (SSSR count). The molecule has 6 heteroatoms. The Balaban J connectivity index is 1.86. The Kier molecular flexibility index (Phi) is 5.64. The van der Waals surface area contributed by atoms with Crippen molar-refractivity contribution in [1.29, 1.82) is 0 Å². The first kappa shape index (κ1) is 15.1. The van der Waals surface area contributed by atoms with E-state index in [9.17, 15) is 4.79 Å². The fourth-order valence-electron chi connectivity index (χ4n) is 2.45. The van der Waals surface area contributed by atoms with E-state index in [0.29, 0.717) is 18.3 Å². The maximum atomic E-state index is 11.6. The lowest BCUT2D eigenvalue weighted by atomic mass is 10.2. The third-order valence-corrected chi connectivity index (χ3v) is 4.61. The summed E-state index contributed by atoms with van der Waals surface area (Å²) in [6.07, 6.45) is 3.62. The molecule has 1 aromatic heterocycles. The van der Waals surface area contributed by atoms with Gasteiger partial charge in [0.1, 0.15) is 5.82 Å². The molecule has 1 saturated carbocycles. The number of hydrogen-bond donors (Lipinski definition) is 2. The predicted molar refractivity (Wildman–Crippen MR) is 83.2 cm³/mol. The molecule has 0 bridgehead atoms. The fourth-order valence-corrected chi connectivity index (χ4v) is 3.59. The van der Waals surface area contributed by atoms with Crippen LogP contribution in [0.4, 0.5) is 5.82 Å². The van der Waals surface area contributed by atoms with E-state index in [1.165, 1.54) is 25.0 Å². The molecule has 1 amide bonds. The number of carbonyl (C=O) groups is 1. The van der Waals surface area contributed by atoms with E-state index in [1.807, 2.05) is 24.8 Å². The highest BCUT2D eigenvalue weighted by Gasteiger charge is 2.24. The van der Waals surface area contributed by atoms with Crippen LogP contribution in [0.15, 0.2) is 12.1 Å². The molecule has 2 atom stereocenters. The monoisotopic (exact) mass is 294 g/mol. The summed E-state index contributed by atoms with van der Waals surface area (Å²) in [5.74, 6) is 1.76. The Hall–Kier alpha value is -1.30. The largest absolute Gasteiger partial charge is 0.366 e. The number of thioether (sulfide) groups is 1. The van der Waals surface area contributed by atoms with Gasteiger partial charge in [-0.25, -0.2) is 0 Å². The van der Waals surface area contributed by atoms with Gasteiger partial charge >= 0.3 is 0 Å². The molecular formula is C14H22N4OS. The van der Waals surface area contributed by atoms with Crippen LogP contribution in [0, 0.1) is 0 Å². The summed E-state index contributed by atoms with van der Waals surface area (Å²) in [6, 6.07) is 4.02. The van der Waals surface area contributed by atoms with Gasteiger partial charge in [-0.1, -0.05) is 6.92 Å². The standard InChI is InChI=1S/C14H22N4OS/c1-3-15-14(19)12-7-8-13(18-17-12)16-10-5-6-11(9-10)20-4-2/h7-8,10-11H,3-6,9H2,1-2H3,(H,15,19)(H,16,18). The zero-order valence-corrected chi connectivity index (χ0v) is 12.9. The van der Waals surface area contributed by atoms with Gasteiger partial charge in [-0.15, -0.1) is 10.2 Å². The Labute approximate surface area is 124 Å². The first-order valence-electron chi connectivity index (χ1n) is 7.23. The molecule has 2 unspecified atom stereocenters. The molecule has 2 N–H and O–H groups in total. The summed E-state index contributed by atoms with van der Waals surface area (Å²) >= 11 is 2.04. The van der Waals surface area contributed by atoms with Gasteiger partial charge in [-0.2, -0.15) is 11.8 Å². The third kappa shape index (κ3) is 4.10. The fraction of sp³-hybridized carbons (Fsp3) is 0.643. The van der Waals surface area contributed by atoms with E-state index in [4.69, 9.17) is 0 Å². The van der Waals surface area contributed by atoms with Crippen LogP contribution in [0.5, 0.6) is 0 Å². The number of nitrogens with zero attached hydrogens (tertiary/aromatic N) is 2. The second-order valence-electron chi connectivity index (χ2n) is 4.89. The van der Waals surface area contributed by atoms with Crippen LogP contribution in [0.3, 0.4) is 0 Å². The summed E-state index contributed by atoms with van der Waals surface area (Å²) < 4.78 is 0. The van der Waals surface area contributed by atoms with Crippen LogP contribution in [-0.4, -0.2) is 39.7 Å². The molecule has 1 heterocycles. The molecule has 0 aliphatic heterocycles. The highest BCUT2D eigenvalue weighted by molar-refractivity contribution is 7.99. The number of aromatic nitrogens is 2. The molecule has 5 nitrogen and oxygen atoms in total. The summed E-state index contributed by atoms with van der Waals surface area (Å²) in [5.41, 5.74) is 0.364. The lowest BCUT2D eigenvalue weighted by Crippen LogP contribution is -2.24. The first-order chi connectivity index (χ1) is 9.72. The van der Waals surface area contributed by atoms with Gasteiger partial charge in [-0.3, -0.25) is 4.79 Å². The van der Waals surface area contributed by atoms with Crippen LogP contribution in [0.25, 0.3) is 0 Å². The highest BCUT2D eigenvalue weighted by atomic mass is 32.2. The summed E-state index contributed by atoms with van der Waals surface area (Å²) in [5, 5.41) is 14.9. The van der Waals surface area contributed by atoms with Crippen LogP contribution in [0.2, 0.25) is 0 Å². The summed E-state index contributed by atoms with van der Waals surface area (Å²) in [6.45, 7) is 4.68. The molecule has 0 radical (unpaired) electrons. The Bertz CT molecular complexity index is 437. The molecular weight excluding hydrogens is 272 g/mol. The van der Waals surface area contributed by atoms with Gasteiger partial charge in [0.15, 0.2) is 5.69 Å². The Morgan fingerprint density at radius 1 is 1.35 bits per heavy atom. The van der Waals surface area contributed by atoms with Crippen molar-refractivity contribution in [3.8, 4) is 0 Å². The van der Waals surface area contributed by atoms with Crippen LogP contribution < -0.4 is 10.6 Å². The minimum absolute atomic E-state index is 0.174. The number of anilines is 1.